The fourth-order valence-electron chi connectivity index (χ4n) is 2.43. The number of ether oxygens (including phenoxy) is 1. The van der Waals surface area contributed by atoms with Gasteiger partial charge in [-0.1, -0.05) is 42.5 Å². The standard InChI is InChI=1S/C19H18F3NO4/c20-19(21,22)27-15-9-6-13(7-10-15)8-11-17(24)23-16(18(25)26)12-14-4-2-1-3-5-14/h1-7,9-10,16H,8,11-12H2,(H,23,24)(H,25,26)/t16-/m1/s1. The Labute approximate surface area is 153 Å². The first-order valence-corrected chi connectivity index (χ1v) is 8.14. The number of carbonyl (C=O) groups is 2. The molecule has 2 rings (SSSR count). The number of hydrogen-bond donors (Lipinski definition) is 2. The summed E-state index contributed by atoms with van der Waals surface area (Å²) in [6.07, 6.45) is -4.33. The first kappa shape index (κ1) is 20.3. The molecule has 1 amide bonds. The number of nitrogens with one attached hydrogen (secondary N) is 1. The van der Waals surface area contributed by atoms with E-state index in [0.717, 1.165) is 17.7 Å². The Kier molecular flexibility index (Phi) is 6.81. The Morgan fingerprint density at radius 2 is 1.63 bits per heavy atom. The number of hydrogen-bond acceptors (Lipinski definition) is 3. The van der Waals surface area contributed by atoms with Crippen molar-refractivity contribution in [3.05, 3.63) is 65.7 Å². The number of benzene rings is 2. The van der Waals surface area contributed by atoms with Gasteiger partial charge in [0.05, 0.1) is 0 Å². The van der Waals surface area contributed by atoms with Gasteiger partial charge in [0.2, 0.25) is 5.91 Å². The summed E-state index contributed by atoms with van der Waals surface area (Å²) in [5, 5.41) is 11.7. The molecule has 0 saturated carbocycles. The molecule has 0 bridgehead atoms. The zero-order valence-electron chi connectivity index (χ0n) is 14.2. The average Bonchev–Trinajstić information content (AvgIpc) is 2.60. The summed E-state index contributed by atoms with van der Waals surface area (Å²) in [5.74, 6) is -1.93. The predicted molar refractivity (Wildman–Crippen MR) is 91.2 cm³/mol. The van der Waals surface area contributed by atoms with Crippen LogP contribution < -0.4 is 10.1 Å². The summed E-state index contributed by atoms with van der Waals surface area (Å²) < 4.78 is 40.1. The van der Waals surface area contributed by atoms with Gasteiger partial charge in [-0.15, -0.1) is 13.2 Å². The molecule has 2 aromatic carbocycles. The highest BCUT2D eigenvalue weighted by Crippen LogP contribution is 2.23. The van der Waals surface area contributed by atoms with Gasteiger partial charge < -0.3 is 15.2 Å². The van der Waals surface area contributed by atoms with Crippen LogP contribution in [-0.4, -0.2) is 29.4 Å². The van der Waals surface area contributed by atoms with Crippen molar-refractivity contribution in [2.75, 3.05) is 0 Å². The third-order valence-electron chi connectivity index (χ3n) is 3.71. The van der Waals surface area contributed by atoms with Crippen molar-refractivity contribution in [2.45, 2.75) is 31.7 Å². The normalized spacial score (nSPS) is 12.3. The summed E-state index contributed by atoms with van der Waals surface area (Å²) in [5.41, 5.74) is 1.42. The van der Waals surface area contributed by atoms with Crippen LogP contribution in [0.3, 0.4) is 0 Å². The second-order valence-electron chi connectivity index (χ2n) is 5.84. The van der Waals surface area contributed by atoms with E-state index in [0.29, 0.717) is 5.56 Å². The number of carboxylic acid groups (broad SMARTS) is 1. The Balaban J connectivity index is 1.86. The Bertz CT molecular complexity index is 761. The molecule has 5 nitrogen and oxygen atoms in total. The minimum atomic E-state index is -4.76. The minimum Gasteiger partial charge on any atom is -0.480 e. The second-order valence-corrected chi connectivity index (χ2v) is 5.84. The lowest BCUT2D eigenvalue weighted by Crippen LogP contribution is -2.42. The minimum absolute atomic E-state index is 0.0119. The molecular weight excluding hydrogens is 363 g/mol. The molecule has 0 fully saturated rings. The van der Waals surface area contributed by atoms with Crippen LogP contribution in [0.1, 0.15) is 17.5 Å². The quantitative estimate of drug-likeness (QED) is 0.736. The third-order valence-corrected chi connectivity index (χ3v) is 3.71. The predicted octanol–water partition coefficient (Wildman–Crippen LogP) is 3.33. The molecule has 0 aliphatic carbocycles. The number of amides is 1. The van der Waals surface area contributed by atoms with E-state index < -0.39 is 24.3 Å². The van der Waals surface area contributed by atoms with E-state index in [4.69, 9.17) is 0 Å². The van der Waals surface area contributed by atoms with Crippen LogP contribution in [0, 0.1) is 0 Å². The molecule has 0 heterocycles. The van der Waals surface area contributed by atoms with Crippen molar-refractivity contribution >= 4 is 11.9 Å². The average molecular weight is 381 g/mol. The van der Waals surface area contributed by atoms with Crippen LogP contribution in [0.2, 0.25) is 0 Å². The molecule has 2 aromatic rings. The molecule has 144 valence electrons. The summed E-state index contributed by atoms with van der Waals surface area (Å²) in [6.45, 7) is 0. The molecule has 0 radical (unpaired) electrons. The third kappa shape index (κ3) is 7.39. The molecular formula is C19H18F3NO4. The molecule has 0 aromatic heterocycles. The van der Waals surface area contributed by atoms with Gasteiger partial charge in [0, 0.05) is 12.8 Å². The number of rotatable bonds is 8. The molecule has 0 spiro atoms. The molecule has 0 saturated heterocycles. The van der Waals surface area contributed by atoms with E-state index in [-0.39, 0.29) is 25.0 Å². The Morgan fingerprint density at radius 1 is 1.00 bits per heavy atom. The lowest BCUT2D eigenvalue weighted by atomic mass is 10.1. The van der Waals surface area contributed by atoms with Crippen molar-refractivity contribution in [1.82, 2.24) is 5.32 Å². The molecule has 2 N–H and O–H groups in total. The van der Waals surface area contributed by atoms with Crippen molar-refractivity contribution < 1.29 is 32.6 Å². The Hall–Kier alpha value is -3.03. The van der Waals surface area contributed by atoms with Gasteiger partial charge in [-0.25, -0.2) is 4.79 Å². The summed E-state index contributed by atoms with van der Waals surface area (Å²) in [6, 6.07) is 13.0. The summed E-state index contributed by atoms with van der Waals surface area (Å²) in [4.78, 5) is 23.4. The number of carbonyl (C=O) groups excluding carboxylic acids is 1. The van der Waals surface area contributed by atoms with Crippen LogP contribution >= 0.6 is 0 Å². The van der Waals surface area contributed by atoms with Gasteiger partial charge in [-0.05, 0) is 29.7 Å². The van der Waals surface area contributed by atoms with Gasteiger partial charge in [0.15, 0.2) is 0 Å². The van der Waals surface area contributed by atoms with Crippen molar-refractivity contribution in [2.24, 2.45) is 0 Å². The fraction of sp³-hybridized carbons (Fsp3) is 0.263. The van der Waals surface area contributed by atoms with Crippen LogP contribution in [0.5, 0.6) is 5.75 Å². The maximum absolute atomic E-state index is 12.1. The number of aryl methyl sites for hydroxylation is 1. The van der Waals surface area contributed by atoms with Gasteiger partial charge in [-0.3, -0.25) is 4.79 Å². The highest BCUT2D eigenvalue weighted by Gasteiger charge is 2.30. The number of aliphatic carboxylic acids is 1. The SMILES string of the molecule is O=C(CCc1ccc(OC(F)(F)F)cc1)N[C@H](Cc1ccccc1)C(=O)O. The van der Waals surface area contributed by atoms with Gasteiger partial charge >= 0.3 is 12.3 Å². The number of carboxylic acids is 1. The summed E-state index contributed by atoms with van der Waals surface area (Å²) >= 11 is 0. The van der Waals surface area contributed by atoms with Crippen molar-refractivity contribution in [1.29, 1.82) is 0 Å². The molecule has 0 aliphatic heterocycles. The number of alkyl halides is 3. The van der Waals surface area contributed by atoms with Crippen LogP contribution in [0.4, 0.5) is 13.2 Å². The van der Waals surface area contributed by atoms with Gasteiger partial charge in [-0.2, -0.15) is 0 Å². The highest BCUT2D eigenvalue weighted by molar-refractivity contribution is 5.83. The molecule has 0 unspecified atom stereocenters. The van der Waals surface area contributed by atoms with Gasteiger partial charge in [0.25, 0.3) is 0 Å². The van der Waals surface area contributed by atoms with Crippen molar-refractivity contribution in [3.63, 3.8) is 0 Å². The molecule has 0 aliphatic rings. The summed E-state index contributed by atoms with van der Waals surface area (Å²) in [7, 11) is 0. The van der Waals surface area contributed by atoms with E-state index in [9.17, 15) is 27.9 Å². The van der Waals surface area contributed by atoms with Gasteiger partial charge in [0.1, 0.15) is 11.8 Å². The molecule has 27 heavy (non-hydrogen) atoms. The number of halogens is 3. The maximum atomic E-state index is 12.1. The van der Waals surface area contributed by atoms with Crippen molar-refractivity contribution in [3.8, 4) is 5.75 Å². The maximum Gasteiger partial charge on any atom is 0.573 e. The van der Waals surface area contributed by atoms with E-state index >= 15 is 0 Å². The topological polar surface area (TPSA) is 75.6 Å². The fourth-order valence-corrected chi connectivity index (χ4v) is 2.43. The lowest BCUT2D eigenvalue weighted by molar-refractivity contribution is -0.274. The zero-order valence-corrected chi connectivity index (χ0v) is 14.2. The molecule has 8 heteroatoms. The van der Waals surface area contributed by atoms with E-state index in [2.05, 4.69) is 10.1 Å². The van der Waals surface area contributed by atoms with Crippen LogP contribution in [0.25, 0.3) is 0 Å². The Morgan fingerprint density at radius 3 is 2.19 bits per heavy atom. The van der Waals surface area contributed by atoms with Crippen LogP contribution in [-0.2, 0) is 22.4 Å². The first-order chi connectivity index (χ1) is 12.7. The smallest absolute Gasteiger partial charge is 0.480 e. The first-order valence-electron chi connectivity index (χ1n) is 8.14. The van der Waals surface area contributed by atoms with E-state index in [1.54, 1.807) is 24.3 Å². The second kappa shape index (κ2) is 9.07. The van der Waals surface area contributed by atoms with Crippen LogP contribution in [0.15, 0.2) is 54.6 Å². The molecule has 1 atom stereocenters. The zero-order chi connectivity index (χ0) is 19.9. The lowest BCUT2D eigenvalue weighted by Gasteiger charge is -2.15. The largest absolute Gasteiger partial charge is 0.573 e. The van der Waals surface area contributed by atoms with E-state index in [1.807, 2.05) is 6.07 Å². The van der Waals surface area contributed by atoms with E-state index in [1.165, 1.54) is 12.1 Å². The highest BCUT2D eigenvalue weighted by atomic mass is 19.4. The monoisotopic (exact) mass is 381 g/mol.